The molecule has 0 aromatic carbocycles. The number of aliphatic carboxylic acids is 1. The quantitative estimate of drug-likeness (QED) is 0.723. The van der Waals surface area contributed by atoms with E-state index in [-0.39, 0.29) is 10.8 Å². The lowest BCUT2D eigenvalue weighted by atomic mass is 9.49. The average Bonchev–Trinajstić information content (AvgIpc) is 2.40. The average molecular weight is 224 g/mol. The number of rotatable bonds is 2. The summed E-state index contributed by atoms with van der Waals surface area (Å²) in [5.74, 6) is -0.0840. The summed E-state index contributed by atoms with van der Waals surface area (Å²) in [7, 11) is 0. The normalized spacial score (nSPS) is 29.1. The Morgan fingerprint density at radius 3 is 1.94 bits per heavy atom. The van der Waals surface area contributed by atoms with E-state index >= 15 is 0 Å². The highest BCUT2D eigenvalue weighted by molar-refractivity contribution is 5.76. The summed E-state index contributed by atoms with van der Waals surface area (Å²) in [6.45, 7) is 4.40. The van der Waals surface area contributed by atoms with Crippen LogP contribution in [0.2, 0.25) is 0 Å². The minimum atomic E-state index is -0.529. The van der Waals surface area contributed by atoms with Crippen molar-refractivity contribution in [2.24, 2.45) is 16.7 Å². The van der Waals surface area contributed by atoms with E-state index in [2.05, 4.69) is 13.8 Å². The van der Waals surface area contributed by atoms with Crippen molar-refractivity contribution in [2.75, 3.05) is 0 Å². The Labute approximate surface area is 98.4 Å². The van der Waals surface area contributed by atoms with Crippen LogP contribution in [0.3, 0.4) is 0 Å². The number of hydrogen-bond acceptors (Lipinski definition) is 1. The van der Waals surface area contributed by atoms with Crippen LogP contribution in [0.1, 0.15) is 65.2 Å². The Kier molecular flexibility index (Phi) is 3.02. The molecule has 0 radical (unpaired) electrons. The molecule has 0 heterocycles. The van der Waals surface area contributed by atoms with Gasteiger partial charge in [0, 0.05) is 0 Å². The molecular weight excluding hydrogens is 200 g/mol. The van der Waals surface area contributed by atoms with Gasteiger partial charge in [0.1, 0.15) is 0 Å². The molecule has 2 heteroatoms. The monoisotopic (exact) mass is 224 g/mol. The lowest BCUT2D eigenvalue weighted by Crippen LogP contribution is -2.53. The first-order chi connectivity index (χ1) is 7.46. The highest BCUT2D eigenvalue weighted by atomic mass is 16.4. The Morgan fingerprint density at radius 2 is 1.56 bits per heavy atom. The van der Waals surface area contributed by atoms with E-state index < -0.39 is 5.97 Å². The van der Waals surface area contributed by atoms with Gasteiger partial charge in [-0.25, -0.2) is 0 Å². The van der Waals surface area contributed by atoms with E-state index in [0.717, 1.165) is 25.7 Å². The predicted molar refractivity (Wildman–Crippen MR) is 64.3 cm³/mol. The van der Waals surface area contributed by atoms with Crippen LogP contribution >= 0.6 is 0 Å². The second-order valence-electron chi connectivity index (χ2n) is 6.67. The largest absolute Gasteiger partial charge is 0.481 e. The second-order valence-corrected chi connectivity index (χ2v) is 6.67. The fourth-order valence-corrected chi connectivity index (χ4v) is 4.10. The molecule has 2 nitrogen and oxygen atoms in total. The van der Waals surface area contributed by atoms with Crippen LogP contribution in [0, 0.1) is 16.7 Å². The van der Waals surface area contributed by atoms with Gasteiger partial charge in [-0.05, 0) is 37.0 Å². The van der Waals surface area contributed by atoms with Crippen LogP contribution in [0.15, 0.2) is 0 Å². The molecule has 0 amide bonds. The maximum absolute atomic E-state index is 11.6. The van der Waals surface area contributed by atoms with Crippen LogP contribution in [-0.4, -0.2) is 11.1 Å². The number of carboxylic acids is 1. The van der Waals surface area contributed by atoms with E-state index in [0.29, 0.717) is 5.92 Å². The predicted octanol–water partition coefficient (Wildman–Crippen LogP) is 3.85. The smallest absolute Gasteiger partial charge is 0.309 e. The first-order valence-electron chi connectivity index (χ1n) is 6.70. The molecule has 0 aliphatic heterocycles. The Balaban J connectivity index is 2.11. The molecule has 0 atom stereocenters. The molecule has 2 aliphatic carbocycles. The molecule has 2 fully saturated rings. The second kappa shape index (κ2) is 4.05. The minimum absolute atomic E-state index is 0.255. The minimum Gasteiger partial charge on any atom is -0.481 e. The molecular formula is C14H24O2. The molecule has 2 rings (SSSR count). The van der Waals surface area contributed by atoms with Crippen LogP contribution in [-0.2, 0) is 4.79 Å². The van der Waals surface area contributed by atoms with Crippen LogP contribution in [0.4, 0.5) is 0 Å². The summed E-state index contributed by atoms with van der Waals surface area (Å²) in [5, 5.41) is 9.56. The Morgan fingerprint density at radius 1 is 1.06 bits per heavy atom. The fourth-order valence-electron chi connectivity index (χ4n) is 4.10. The molecule has 0 bridgehead atoms. The third-order valence-electron chi connectivity index (χ3n) is 4.65. The van der Waals surface area contributed by atoms with Gasteiger partial charge >= 0.3 is 5.97 Å². The zero-order valence-corrected chi connectivity index (χ0v) is 10.6. The van der Waals surface area contributed by atoms with Gasteiger partial charge < -0.3 is 5.11 Å². The first kappa shape index (κ1) is 11.9. The summed E-state index contributed by atoms with van der Waals surface area (Å²) in [5.41, 5.74) is -0.113. The number of hydrogen-bond donors (Lipinski definition) is 1. The molecule has 0 unspecified atom stereocenters. The lowest BCUT2D eigenvalue weighted by molar-refractivity contribution is -0.173. The molecule has 16 heavy (non-hydrogen) atoms. The van der Waals surface area contributed by atoms with Crippen molar-refractivity contribution in [1.82, 2.24) is 0 Å². The molecule has 2 aliphatic rings. The molecule has 92 valence electrons. The van der Waals surface area contributed by atoms with Crippen molar-refractivity contribution in [3.63, 3.8) is 0 Å². The van der Waals surface area contributed by atoms with Crippen molar-refractivity contribution in [1.29, 1.82) is 0 Å². The highest BCUT2D eigenvalue weighted by Gasteiger charge is 2.58. The van der Waals surface area contributed by atoms with E-state index in [1.54, 1.807) is 0 Å². The molecule has 0 aromatic heterocycles. The van der Waals surface area contributed by atoms with E-state index in [4.69, 9.17) is 0 Å². The van der Waals surface area contributed by atoms with E-state index in [1.807, 2.05) is 0 Å². The first-order valence-corrected chi connectivity index (χ1v) is 6.70. The molecule has 0 spiro atoms. The molecule has 1 N–H and O–H groups in total. The van der Waals surface area contributed by atoms with Crippen LogP contribution < -0.4 is 0 Å². The fraction of sp³-hybridized carbons (Fsp3) is 0.929. The highest BCUT2D eigenvalue weighted by Crippen LogP contribution is 2.60. The van der Waals surface area contributed by atoms with Gasteiger partial charge in [0.25, 0.3) is 0 Å². The zero-order valence-electron chi connectivity index (χ0n) is 10.6. The SMILES string of the molecule is CC1(C)CC(C(=O)O)(C2CCCCCC2)C1. The van der Waals surface area contributed by atoms with Gasteiger partial charge in [-0.15, -0.1) is 0 Å². The van der Waals surface area contributed by atoms with E-state index in [9.17, 15) is 9.90 Å². The van der Waals surface area contributed by atoms with Gasteiger partial charge in [-0.3, -0.25) is 4.79 Å². The molecule has 0 saturated heterocycles. The van der Waals surface area contributed by atoms with Gasteiger partial charge in [0.05, 0.1) is 5.41 Å². The third-order valence-corrected chi connectivity index (χ3v) is 4.65. The standard InChI is InChI=1S/C14H24O2/c1-13(2)9-14(10-13,12(15)16)11-7-5-3-4-6-8-11/h11H,3-10H2,1-2H3,(H,15,16). The topological polar surface area (TPSA) is 37.3 Å². The maximum Gasteiger partial charge on any atom is 0.309 e. The zero-order chi connectivity index (χ0) is 11.8. The van der Waals surface area contributed by atoms with Crippen molar-refractivity contribution in [3.05, 3.63) is 0 Å². The van der Waals surface area contributed by atoms with E-state index in [1.165, 1.54) is 25.7 Å². The maximum atomic E-state index is 11.6. The Bertz CT molecular complexity index is 264. The number of carboxylic acid groups (broad SMARTS) is 1. The summed E-state index contributed by atoms with van der Waals surface area (Å²) in [6, 6.07) is 0. The van der Waals surface area contributed by atoms with Crippen LogP contribution in [0.25, 0.3) is 0 Å². The summed E-state index contributed by atoms with van der Waals surface area (Å²) in [4.78, 5) is 11.6. The lowest BCUT2D eigenvalue weighted by Gasteiger charge is -2.54. The van der Waals surface area contributed by atoms with Crippen molar-refractivity contribution >= 4 is 5.97 Å². The molecule has 2 saturated carbocycles. The molecule has 0 aromatic rings. The summed E-state index contributed by atoms with van der Waals surface area (Å²) < 4.78 is 0. The van der Waals surface area contributed by atoms with Crippen molar-refractivity contribution < 1.29 is 9.90 Å². The summed E-state index contributed by atoms with van der Waals surface area (Å²) >= 11 is 0. The van der Waals surface area contributed by atoms with Gasteiger partial charge in [0.15, 0.2) is 0 Å². The Hall–Kier alpha value is -0.530. The number of carbonyl (C=O) groups is 1. The summed E-state index contributed by atoms with van der Waals surface area (Å²) in [6.07, 6.45) is 9.14. The van der Waals surface area contributed by atoms with Crippen LogP contribution in [0.5, 0.6) is 0 Å². The van der Waals surface area contributed by atoms with Gasteiger partial charge in [0.2, 0.25) is 0 Å². The van der Waals surface area contributed by atoms with Gasteiger partial charge in [-0.1, -0.05) is 39.5 Å². The van der Waals surface area contributed by atoms with Crippen molar-refractivity contribution in [2.45, 2.75) is 65.2 Å². The third kappa shape index (κ3) is 1.99. The van der Waals surface area contributed by atoms with Gasteiger partial charge in [-0.2, -0.15) is 0 Å². The van der Waals surface area contributed by atoms with Crippen molar-refractivity contribution in [3.8, 4) is 0 Å².